The molecular formula is C12H10ClN3OS. The topological polar surface area (TPSA) is 67.8 Å². The predicted molar refractivity (Wildman–Crippen MR) is 77.6 cm³/mol. The van der Waals surface area contributed by atoms with Crippen LogP contribution in [0.2, 0.25) is 0 Å². The molecule has 0 bridgehead atoms. The van der Waals surface area contributed by atoms with Crippen molar-refractivity contribution in [2.24, 2.45) is 15.7 Å². The molecule has 1 aromatic carbocycles. The molecule has 1 atom stereocenters. The maximum absolute atomic E-state index is 10.8. The summed E-state index contributed by atoms with van der Waals surface area (Å²) in [7, 11) is 0. The summed E-state index contributed by atoms with van der Waals surface area (Å²) in [4.78, 5) is 19.6. The number of hydrogen-bond donors (Lipinski definition) is 1. The maximum Gasteiger partial charge on any atom is 0.137 e. The molecule has 18 heavy (non-hydrogen) atoms. The van der Waals surface area contributed by atoms with Gasteiger partial charge in [0.1, 0.15) is 17.2 Å². The summed E-state index contributed by atoms with van der Waals surface area (Å²) in [5.41, 5.74) is 8.24. The van der Waals surface area contributed by atoms with Gasteiger partial charge in [-0.2, -0.15) is 0 Å². The molecule has 0 radical (unpaired) electrons. The Morgan fingerprint density at radius 1 is 1.22 bits per heavy atom. The van der Waals surface area contributed by atoms with Crippen molar-refractivity contribution in [1.82, 2.24) is 0 Å². The number of thioether (sulfide) groups is 1. The van der Waals surface area contributed by atoms with Crippen LogP contribution in [0.15, 0.2) is 45.9 Å². The number of fused-ring (bicyclic) bond motifs is 2. The first-order valence-corrected chi connectivity index (χ1v) is 6.02. The minimum atomic E-state index is -0.206. The molecule has 2 heterocycles. The van der Waals surface area contributed by atoms with E-state index < -0.39 is 0 Å². The van der Waals surface area contributed by atoms with Crippen molar-refractivity contribution in [2.75, 3.05) is 0 Å². The average Bonchev–Trinajstić information content (AvgIpc) is 2.69. The first kappa shape index (κ1) is 12.9. The highest BCUT2D eigenvalue weighted by atomic mass is 35.5. The molecule has 0 fully saturated rings. The van der Waals surface area contributed by atoms with Crippen molar-refractivity contribution in [2.45, 2.75) is 5.25 Å². The summed E-state index contributed by atoms with van der Waals surface area (Å²) in [5.74, 6) is 0.422. The van der Waals surface area contributed by atoms with E-state index in [1.807, 2.05) is 24.3 Å². The van der Waals surface area contributed by atoms with Gasteiger partial charge in [0.05, 0.1) is 16.6 Å². The summed E-state index contributed by atoms with van der Waals surface area (Å²) >= 11 is 1.40. The number of nitrogens with two attached hydrogens (primary N) is 1. The van der Waals surface area contributed by atoms with Gasteiger partial charge in [-0.05, 0) is 12.1 Å². The van der Waals surface area contributed by atoms with Crippen LogP contribution >= 0.6 is 24.2 Å². The Balaban J connectivity index is 0.00000120. The quantitative estimate of drug-likeness (QED) is 0.803. The zero-order chi connectivity index (χ0) is 11.8. The molecule has 1 unspecified atom stereocenters. The summed E-state index contributed by atoms with van der Waals surface area (Å²) in [6.07, 6.45) is 2.69. The van der Waals surface area contributed by atoms with E-state index in [1.54, 1.807) is 6.08 Å². The van der Waals surface area contributed by atoms with Crippen LogP contribution in [0.25, 0.3) is 0 Å². The average molecular weight is 280 g/mol. The summed E-state index contributed by atoms with van der Waals surface area (Å²) in [5, 5.41) is 0.566. The summed E-state index contributed by atoms with van der Waals surface area (Å²) in [6.45, 7) is 0. The smallest absolute Gasteiger partial charge is 0.137 e. The van der Waals surface area contributed by atoms with E-state index in [-0.39, 0.29) is 17.7 Å². The molecule has 1 aromatic rings. The van der Waals surface area contributed by atoms with Gasteiger partial charge < -0.3 is 10.5 Å². The molecule has 0 amide bonds. The van der Waals surface area contributed by atoms with Gasteiger partial charge in [0.25, 0.3) is 0 Å². The maximum atomic E-state index is 10.8. The third-order valence-electron chi connectivity index (χ3n) is 2.56. The fourth-order valence-electron chi connectivity index (χ4n) is 1.76. The molecule has 6 heteroatoms. The zero-order valence-electron chi connectivity index (χ0n) is 9.24. The number of rotatable bonds is 1. The lowest BCUT2D eigenvalue weighted by Gasteiger charge is -1.99. The molecular weight excluding hydrogens is 270 g/mol. The number of nitrogens with zero attached hydrogens (tertiary/aromatic N) is 2. The number of amidine groups is 1. The normalized spacial score (nSPS) is 20.4. The number of aldehydes is 1. The van der Waals surface area contributed by atoms with Crippen molar-refractivity contribution < 1.29 is 4.79 Å². The van der Waals surface area contributed by atoms with Gasteiger partial charge in [-0.3, -0.25) is 0 Å². The minimum Gasteiger partial charge on any atom is -0.383 e. The highest BCUT2D eigenvalue weighted by molar-refractivity contribution is 8.16. The first-order valence-electron chi connectivity index (χ1n) is 5.14. The van der Waals surface area contributed by atoms with Crippen molar-refractivity contribution >= 4 is 52.7 Å². The molecule has 4 nitrogen and oxygen atoms in total. The third kappa shape index (κ3) is 2.07. The van der Waals surface area contributed by atoms with Crippen LogP contribution in [0.5, 0.6) is 0 Å². The van der Waals surface area contributed by atoms with E-state index in [1.165, 1.54) is 11.8 Å². The number of carbonyl (C=O) groups excluding carboxylic acids is 1. The minimum absolute atomic E-state index is 0. The highest BCUT2D eigenvalue weighted by Crippen LogP contribution is 2.37. The van der Waals surface area contributed by atoms with Crippen LogP contribution < -0.4 is 5.73 Å². The zero-order valence-corrected chi connectivity index (χ0v) is 10.9. The predicted octanol–water partition coefficient (Wildman–Crippen LogP) is 2.38. The van der Waals surface area contributed by atoms with Crippen molar-refractivity contribution in [1.29, 1.82) is 0 Å². The van der Waals surface area contributed by atoms with Crippen LogP contribution in [-0.2, 0) is 4.79 Å². The SMILES string of the molecule is Cl.NC1=Nc2ccccc2N=C2SC(C=O)C=C12. The van der Waals surface area contributed by atoms with Crippen LogP contribution in [0.4, 0.5) is 11.4 Å². The van der Waals surface area contributed by atoms with E-state index in [0.29, 0.717) is 5.84 Å². The summed E-state index contributed by atoms with van der Waals surface area (Å²) in [6, 6.07) is 7.55. The van der Waals surface area contributed by atoms with E-state index in [2.05, 4.69) is 9.98 Å². The van der Waals surface area contributed by atoms with E-state index in [0.717, 1.165) is 28.3 Å². The fourth-order valence-corrected chi connectivity index (χ4v) is 2.73. The molecule has 0 spiro atoms. The van der Waals surface area contributed by atoms with Crippen LogP contribution in [0.1, 0.15) is 0 Å². The Morgan fingerprint density at radius 2 is 1.89 bits per heavy atom. The van der Waals surface area contributed by atoms with Gasteiger partial charge in [0.2, 0.25) is 0 Å². The number of halogens is 1. The second-order valence-electron chi connectivity index (χ2n) is 3.70. The summed E-state index contributed by atoms with van der Waals surface area (Å²) < 4.78 is 0. The molecule has 2 N–H and O–H groups in total. The van der Waals surface area contributed by atoms with Crippen molar-refractivity contribution in [3.05, 3.63) is 35.9 Å². The molecule has 92 valence electrons. The largest absolute Gasteiger partial charge is 0.383 e. The van der Waals surface area contributed by atoms with Crippen molar-refractivity contribution in [3.8, 4) is 0 Å². The van der Waals surface area contributed by atoms with Gasteiger partial charge >= 0.3 is 0 Å². The number of para-hydroxylation sites is 2. The Kier molecular flexibility index (Phi) is 3.54. The standard InChI is InChI=1S/C12H9N3OS.ClH/c13-11-8-5-7(6-16)17-12(8)15-10-4-2-1-3-9(10)14-11;/h1-7H,(H2,13,14);1H. The highest BCUT2D eigenvalue weighted by Gasteiger charge is 2.27. The third-order valence-corrected chi connectivity index (χ3v) is 3.62. The molecule has 0 aliphatic carbocycles. The second kappa shape index (κ2) is 4.96. The van der Waals surface area contributed by atoms with Crippen LogP contribution in [-0.4, -0.2) is 22.4 Å². The number of hydrogen-bond acceptors (Lipinski definition) is 5. The van der Waals surface area contributed by atoms with Gasteiger partial charge in [0.15, 0.2) is 0 Å². The molecule has 0 saturated carbocycles. The first-order chi connectivity index (χ1) is 8.28. The van der Waals surface area contributed by atoms with Gasteiger partial charge in [-0.15, -0.1) is 12.4 Å². The Bertz CT molecular complexity index is 595. The number of aliphatic imine (C=N–C) groups is 2. The lowest BCUT2D eigenvalue weighted by molar-refractivity contribution is -0.106. The Morgan fingerprint density at radius 3 is 2.56 bits per heavy atom. The number of benzene rings is 1. The van der Waals surface area contributed by atoms with Crippen LogP contribution in [0.3, 0.4) is 0 Å². The van der Waals surface area contributed by atoms with Gasteiger partial charge in [0, 0.05) is 5.57 Å². The van der Waals surface area contributed by atoms with E-state index in [4.69, 9.17) is 5.73 Å². The molecule has 0 aromatic heterocycles. The van der Waals surface area contributed by atoms with E-state index >= 15 is 0 Å². The lowest BCUT2D eigenvalue weighted by Crippen LogP contribution is -2.16. The van der Waals surface area contributed by atoms with Crippen LogP contribution in [0, 0.1) is 0 Å². The molecule has 0 saturated heterocycles. The van der Waals surface area contributed by atoms with Gasteiger partial charge in [-0.25, -0.2) is 9.98 Å². The van der Waals surface area contributed by atoms with Crippen molar-refractivity contribution in [3.63, 3.8) is 0 Å². The molecule has 2 aliphatic heterocycles. The Hall–Kier alpha value is -1.59. The van der Waals surface area contributed by atoms with E-state index in [9.17, 15) is 4.79 Å². The fraction of sp³-hybridized carbons (Fsp3) is 0.0833. The lowest BCUT2D eigenvalue weighted by atomic mass is 10.2. The number of carbonyl (C=O) groups is 1. The second-order valence-corrected chi connectivity index (χ2v) is 4.87. The molecule has 3 rings (SSSR count). The van der Waals surface area contributed by atoms with Gasteiger partial charge in [-0.1, -0.05) is 30.0 Å². The Labute approximate surface area is 114 Å². The molecule has 2 aliphatic rings. The monoisotopic (exact) mass is 279 g/mol.